The largest absolute Gasteiger partial charge is 0.371 e. The molecule has 2 aromatic heterocycles. The van der Waals surface area contributed by atoms with E-state index in [-0.39, 0.29) is 5.82 Å². The summed E-state index contributed by atoms with van der Waals surface area (Å²) in [7, 11) is 5.85. The summed E-state index contributed by atoms with van der Waals surface area (Å²) in [6.45, 7) is 3.72. The zero-order valence-corrected chi connectivity index (χ0v) is 15.8. The molecule has 1 saturated heterocycles. The van der Waals surface area contributed by atoms with Gasteiger partial charge in [0.2, 0.25) is 5.95 Å². The number of hydrogen-bond acceptors (Lipinski definition) is 6. The first kappa shape index (κ1) is 18.6. The van der Waals surface area contributed by atoms with Gasteiger partial charge in [0, 0.05) is 45.0 Å². The van der Waals surface area contributed by atoms with Crippen LogP contribution in [0.25, 0.3) is 0 Å². The van der Waals surface area contributed by atoms with Gasteiger partial charge in [0.1, 0.15) is 5.82 Å². The van der Waals surface area contributed by atoms with Crippen LogP contribution in [-0.4, -0.2) is 65.2 Å². The minimum atomic E-state index is -0.429. The minimum Gasteiger partial charge on any atom is -0.371 e. The van der Waals surface area contributed by atoms with E-state index in [1.807, 2.05) is 6.20 Å². The average molecular weight is 361 g/mol. The van der Waals surface area contributed by atoms with E-state index >= 15 is 0 Å². The van der Waals surface area contributed by atoms with E-state index in [2.05, 4.69) is 54.9 Å². The second-order valence-electron chi connectivity index (χ2n) is 7.04. The zero-order valence-electron chi connectivity index (χ0n) is 15.8. The average Bonchev–Trinajstić information content (AvgIpc) is 3.10. The van der Waals surface area contributed by atoms with E-state index in [4.69, 9.17) is 0 Å². The van der Waals surface area contributed by atoms with Crippen LogP contribution in [0.5, 0.6) is 0 Å². The number of piperidine rings is 1. The van der Waals surface area contributed by atoms with Crippen molar-refractivity contribution in [3.05, 3.63) is 30.2 Å². The standard InChI is InChI=1S/C18H28FN7/c1-20-16-15(19)12-22-18(23-16)26-9-4-6-14(13-26)17-21-7-11-25(17)10-5-8-24(2)3/h7,11-12,14H,4-6,8-10,13H2,1-3H3,(H,20,22,23). The number of aromatic nitrogens is 4. The number of imidazole rings is 1. The molecule has 1 atom stereocenters. The molecule has 1 unspecified atom stereocenters. The molecule has 0 amide bonds. The Kier molecular flexibility index (Phi) is 6.03. The number of halogens is 1. The molecule has 3 heterocycles. The van der Waals surface area contributed by atoms with Gasteiger partial charge in [-0.05, 0) is 39.9 Å². The van der Waals surface area contributed by atoms with Crippen molar-refractivity contribution in [3.8, 4) is 0 Å². The van der Waals surface area contributed by atoms with E-state index < -0.39 is 5.82 Å². The normalized spacial score (nSPS) is 17.7. The number of hydrogen-bond donors (Lipinski definition) is 1. The first-order chi connectivity index (χ1) is 12.6. The summed E-state index contributed by atoms with van der Waals surface area (Å²) >= 11 is 0. The minimum absolute atomic E-state index is 0.238. The van der Waals surface area contributed by atoms with E-state index in [0.717, 1.165) is 51.3 Å². The maximum atomic E-state index is 13.6. The van der Waals surface area contributed by atoms with Crippen LogP contribution >= 0.6 is 0 Å². The van der Waals surface area contributed by atoms with Crippen molar-refractivity contribution in [2.24, 2.45) is 0 Å². The van der Waals surface area contributed by atoms with E-state index in [0.29, 0.717) is 11.9 Å². The Bertz CT molecular complexity index is 715. The summed E-state index contributed by atoms with van der Waals surface area (Å²) in [5, 5.41) is 2.78. The fourth-order valence-electron chi connectivity index (χ4n) is 3.48. The lowest BCUT2D eigenvalue weighted by Crippen LogP contribution is -2.36. The van der Waals surface area contributed by atoms with Crippen molar-refractivity contribution in [3.63, 3.8) is 0 Å². The quantitative estimate of drug-likeness (QED) is 0.816. The lowest BCUT2D eigenvalue weighted by atomic mass is 9.97. The Hall–Kier alpha value is -2.22. The van der Waals surface area contributed by atoms with Gasteiger partial charge in [0.15, 0.2) is 11.6 Å². The van der Waals surface area contributed by atoms with Gasteiger partial charge in [0.05, 0.1) is 6.20 Å². The van der Waals surface area contributed by atoms with Crippen molar-refractivity contribution < 1.29 is 4.39 Å². The van der Waals surface area contributed by atoms with Crippen LogP contribution in [0.3, 0.4) is 0 Å². The highest BCUT2D eigenvalue weighted by molar-refractivity contribution is 5.42. The van der Waals surface area contributed by atoms with Crippen LogP contribution in [-0.2, 0) is 6.54 Å². The molecule has 8 heteroatoms. The molecule has 0 bridgehead atoms. The Morgan fingerprint density at radius 1 is 1.35 bits per heavy atom. The van der Waals surface area contributed by atoms with Gasteiger partial charge in [-0.25, -0.2) is 14.4 Å². The molecule has 0 aromatic carbocycles. The number of nitrogens with zero attached hydrogens (tertiary/aromatic N) is 6. The number of rotatable bonds is 7. The number of anilines is 2. The topological polar surface area (TPSA) is 62.1 Å². The van der Waals surface area contributed by atoms with E-state index in [9.17, 15) is 4.39 Å². The van der Waals surface area contributed by atoms with Crippen molar-refractivity contribution in [2.75, 3.05) is 51.0 Å². The molecular weight excluding hydrogens is 333 g/mol. The Balaban J connectivity index is 1.70. The molecule has 1 N–H and O–H groups in total. The van der Waals surface area contributed by atoms with Gasteiger partial charge >= 0.3 is 0 Å². The molecule has 1 aliphatic heterocycles. The highest BCUT2D eigenvalue weighted by Gasteiger charge is 2.26. The fraction of sp³-hybridized carbons (Fsp3) is 0.611. The molecule has 26 heavy (non-hydrogen) atoms. The molecule has 0 saturated carbocycles. The molecule has 0 radical (unpaired) electrons. The first-order valence-corrected chi connectivity index (χ1v) is 9.19. The van der Waals surface area contributed by atoms with Gasteiger partial charge < -0.3 is 19.7 Å². The molecule has 7 nitrogen and oxygen atoms in total. The van der Waals surface area contributed by atoms with E-state index in [1.54, 1.807) is 7.05 Å². The van der Waals surface area contributed by atoms with Gasteiger partial charge in [0.25, 0.3) is 0 Å². The van der Waals surface area contributed by atoms with Crippen molar-refractivity contribution in [1.29, 1.82) is 0 Å². The molecule has 1 fully saturated rings. The van der Waals surface area contributed by atoms with Crippen LogP contribution in [0.15, 0.2) is 18.6 Å². The third kappa shape index (κ3) is 4.30. The summed E-state index contributed by atoms with van der Waals surface area (Å²) in [4.78, 5) is 17.5. The summed E-state index contributed by atoms with van der Waals surface area (Å²) < 4.78 is 15.9. The van der Waals surface area contributed by atoms with Gasteiger partial charge in [-0.1, -0.05) is 0 Å². The molecule has 3 rings (SSSR count). The fourth-order valence-corrected chi connectivity index (χ4v) is 3.48. The Morgan fingerprint density at radius 2 is 2.19 bits per heavy atom. The Labute approximate surface area is 154 Å². The highest BCUT2D eigenvalue weighted by atomic mass is 19.1. The maximum absolute atomic E-state index is 13.6. The van der Waals surface area contributed by atoms with Crippen molar-refractivity contribution >= 4 is 11.8 Å². The highest BCUT2D eigenvalue weighted by Crippen LogP contribution is 2.28. The summed E-state index contributed by atoms with van der Waals surface area (Å²) in [5.74, 6) is 1.85. The SMILES string of the molecule is CNc1nc(N2CCCC(c3nccn3CCCN(C)C)C2)ncc1F. The summed E-state index contributed by atoms with van der Waals surface area (Å²) in [5.41, 5.74) is 0. The second kappa shape index (κ2) is 8.44. The monoisotopic (exact) mass is 361 g/mol. The van der Waals surface area contributed by atoms with Crippen LogP contribution in [0.1, 0.15) is 31.0 Å². The predicted octanol–water partition coefficient (Wildman–Crippen LogP) is 2.19. The summed E-state index contributed by atoms with van der Waals surface area (Å²) in [6.07, 6.45) is 8.43. The van der Waals surface area contributed by atoms with Gasteiger partial charge in [-0.2, -0.15) is 4.98 Å². The van der Waals surface area contributed by atoms with Crippen molar-refractivity contribution in [1.82, 2.24) is 24.4 Å². The molecule has 142 valence electrons. The predicted molar refractivity (Wildman–Crippen MR) is 101 cm³/mol. The van der Waals surface area contributed by atoms with Gasteiger partial charge in [-0.15, -0.1) is 0 Å². The zero-order chi connectivity index (χ0) is 18.5. The van der Waals surface area contributed by atoms with Crippen LogP contribution < -0.4 is 10.2 Å². The molecule has 0 spiro atoms. The number of nitrogens with one attached hydrogen (secondary N) is 1. The molecule has 0 aliphatic carbocycles. The second-order valence-corrected chi connectivity index (χ2v) is 7.04. The van der Waals surface area contributed by atoms with Crippen LogP contribution in [0, 0.1) is 5.82 Å². The molecule has 1 aliphatic rings. The third-order valence-corrected chi connectivity index (χ3v) is 4.79. The smallest absolute Gasteiger partial charge is 0.227 e. The lowest BCUT2D eigenvalue weighted by Gasteiger charge is -2.32. The third-order valence-electron chi connectivity index (χ3n) is 4.79. The van der Waals surface area contributed by atoms with Crippen LogP contribution in [0.4, 0.5) is 16.2 Å². The van der Waals surface area contributed by atoms with Crippen molar-refractivity contribution in [2.45, 2.75) is 31.7 Å². The van der Waals surface area contributed by atoms with E-state index in [1.165, 1.54) is 6.20 Å². The van der Waals surface area contributed by atoms with Gasteiger partial charge in [-0.3, -0.25) is 0 Å². The molecular formula is C18H28FN7. The summed E-state index contributed by atoms with van der Waals surface area (Å²) in [6, 6.07) is 0. The lowest BCUT2D eigenvalue weighted by molar-refractivity contribution is 0.380. The molecule has 2 aromatic rings. The first-order valence-electron chi connectivity index (χ1n) is 9.19. The Morgan fingerprint density at radius 3 is 2.96 bits per heavy atom. The number of aryl methyl sites for hydroxylation is 1. The van der Waals surface area contributed by atoms with Crippen LogP contribution in [0.2, 0.25) is 0 Å². The maximum Gasteiger partial charge on any atom is 0.227 e.